The fourth-order valence-electron chi connectivity index (χ4n) is 2.29. The normalized spacial score (nSPS) is 38.8. The Hall–Kier alpha value is -0.120. The molecule has 2 saturated heterocycles. The summed E-state index contributed by atoms with van der Waals surface area (Å²) in [6.45, 7) is 6.06. The van der Waals surface area contributed by atoms with Crippen LogP contribution in [0.15, 0.2) is 0 Å². The molecule has 1 unspecified atom stereocenters. The maximum atomic E-state index is 5.51. The Balaban J connectivity index is 1.65. The molecule has 2 heterocycles. The summed E-state index contributed by atoms with van der Waals surface area (Å²) in [5.41, 5.74) is 0. The van der Waals surface area contributed by atoms with Gasteiger partial charge in [-0.15, -0.1) is 0 Å². The van der Waals surface area contributed by atoms with Crippen molar-refractivity contribution in [1.82, 2.24) is 5.32 Å². The van der Waals surface area contributed by atoms with Gasteiger partial charge >= 0.3 is 0 Å². The highest BCUT2D eigenvalue weighted by atomic mass is 16.5. The third-order valence-corrected chi connectivity index (χ3v) is 3.30. The predicted molar refractivity (Wildman–Crippen MR) is 55.4 cm³/mol. The molecule has 0 aromatic heterocycles. The molecule has 2 fully saturated rings. The monoisotopic (exact) mass is 199 g/mol. The summed E-state index contributed by atoms with van der Waals surface area (Å²) in [5.74, 6) is 0.719. The molecule has 0 saturated carbocycles. The summed E-state index contributed by atoms with van der Waals surface area (Å²) in [5, 5.41) is 3.60. The Morgan fingerprint density at radius 3 is 2.86 bits per heavy atom. The molecular weight excluding hydrogens is 178 g/mol. The van der Waals surface area contributed by atoms with Crippen LogP contribution in [0, 0.1) is 5.92 Å². The standard InChI is InChI=1S/C11H21NO2/c1-9-11(4-6-14-9)12-7-10-3-2-5-13-8-10/h9-12H,2-8H2,1H3/t9-,10?,11-/m1/s1. The topological polar surface area (TPSA) is 30.5 Å². The van der Waals surface area contributed by atoms with Crippen LogP contribution in [0.3, 0.4) is 0 Å². The maximum absolute atomic E-state index is 5.51. The van der Waals surface area contributed by atoms with E-state index < -0.39 is 0 Å². The van der Waals surface area contributed by atoms with Crippen LogP contribution < -0.4 is 5.32 Å². The largest absolute Gasteiger partial charge is 0.381 e. The molecule has 0 spiro atoms. The molecule has 3 nitrogen and oxygen atoms in total. The minimum Gasteiger partial charge on any atom is -0.381 e. The second-order valence-electron chi connectivity index (χ2n) is 4.46. The lowest BCUT2D eigenvalue weighted by atomic mass is 10.0. The molecule has 14 heavy (non-hydrogen) atoms. The zero-order valence-corrected chi connectivity index (χ0v) is 9.00. The van der Waals surface area contributed by atoms with Crippen molar-refractivity contribution in [2.24, 2.45) is 5.92 Å². The van der Waals surface area contributed by atoms with Crippen LogP contribution in [0.4, 0.5) is 0 Å². The predicted octanol–water partition coefficient (Wildman–Crippen LogP) is 1.18. The van der Waals surface area contributed by atoms with E-state index in [2.05, 4.69) is 12.2 Å². The zero-order chi connectivity index (χ0) is 9.80. The van der Waals surface area contributed by atoms with Gasteiger partial charge in [0.15, 0.2) is 0 Å². The van der Waals surface area contributed by atoms with E-state index in [1.807, 2.05) is 0 Å². The molecule has 82 valence electrons. The van der Waals surface area contributed by atoms with Gasteiger partial charge in [-0.3, -0.25) is 0 Å². The van der Waals surface area contributed by atoms with Gasteiger partial charge in [0.05, 0.1) is 12.7 Å². The van der Waals surface area contributed by atoms with E-state index in [9.17, 15) is 0 Å². The lowest BCUT2D eigenvalue weighted by Crippen LogP contribution is -2.39. The minimum absolute atomic E-state index is 0.388. The molecule has 0 aromatic carbocycles. The highest BCUT2D eigenvalue weighted by molar-refractivity contribution is 4.80. The molecule has 0 radical (unpaired) electrons. The van der Waals surface area contributed by atoms with Gasteiger partial charge in [-0.05, 0) is 32.1 Å². The highest BCUT2D eigenvalue weighted by Crippen LogP contribution is 2.16. The Morgan fingerprint density at radius 1 is 1.29 bits per heavy atom. The van der Waals surface area contributed by atoms with Crippen molar-refractivity contribution >= 4 is 0 Å². The molecule has 2 aliphatic heterocycles. The van der Waals surface area contributed by atoms with Crippen molar-refractivity contribution in [2.75, 3.05) is 26.4 Å². The van der Waals surface area contributed by atoms with Crippen molar-refractivity contribution in [3.8, 4) is 0 Å². The van der Waals surface area contributed by atoms with Gasteiger partial charge in [0.2, 0.25) is 0 Å². The molecular formula is C11H21NO2. The van der Waals surface area contributed by atoms with Crippen molar-refractivity contribution in [3.63, 3.8) is 0 Å². The van der Waals surface area contributed by atoms with E-state index in [4.69, 9.17) is 9.47 Å². The number of nitrogens with one attached hydrogen (secondary N) is 1. The third-order valence-electron chi connectivity index (χ3n) is 3.30. The smallest absolute Gasteiger partial charge is 0.0700 e. The Kier molecular flexibility index (Phi) is 3.79. The van der Waals surface area contributed by atoms with Gasteiger partial charge in [-0.25, -0.2) is 0 Å². The molecule has 2 rings (SSSR count). The van der Waals surface area contributed by atoms with Gasteiger partial charge in [0.1, 0.15) is 0 Å². The minimum atomic E-state index is 0.388. The second kappa shape index (κ2) is 5.10. The number of hydrogen-bond acceptors (Lipinski definition) is 3. The molecule has 0 aromatic rings. The highest BCUT2D eigenvalue weighted by Gasteiger charge is 2.24. The zero-order valence-electron chi connectivity index (χ0n) is 9.00. The van der Waals surface area contributed by atoms with Crippen LogP contribution in [0.2, 0.25) is 0 Å². The van der Waals surface area contributed by atoms with Crippen molar-refractivity contribution in [2.45, 2.75) is 38.3 Å². The molecule has 0 aliphatic carbocycles. The van der Waals surface area contributed by atoms with E-state index in [0.29, 0.717) is 12.1 Å². The van der Waals surface area contributed by atoms with Crippen LogP contribution in [0.1, 0.15) is 26.2 Å². The first kappa shape index (κ1) is 10.4. The Bertz CT molecular complexity index is 169. The number of hydrogen-bond donors (Lipinski definition) is 1. The summed E-state index contributed by atoms with van der Waals surface area (Å²) in [4.78, 5) is 0. The van der Waals surface area contributed by atoms with Gasteiger partial charge in [0.25, 0.3) is 0 Å². The molecule has 1 N–H and O–H groups in total. The number of rotatable bonds is 3. The fraction of sp³-hybridized carbons (Fsp3) is 1.00. The molecule has 3 atom stereocenters. The van der Waals surface area contributed by atoms with Gasteiger partial charge in [-0.1, -0.05) is 0 Å². The first-order chi connectivity index (χ1) is 6.86. The molecule has 3 heteroatoms. The van der Waals surface area contributed by atoms with Gasteiger partial charge in [0, 0.05) is 25.8 Å². The van der Waals surface area contributed by atoms with Crippen LogP contribution in [-0.4, -0.2) is 38.5 Å². The summed E-state index contributed by atoms with van der Waals surface area (Å²) in [6, 6.07) is 0.567. The van der Waals surface area contributed by atoms with Gasteiger partial charge < -0.3 is 14.8 Å². The Morgan fingerprint density at radius 2 is 2.21 bits per heavy atom. The molecule has 0 amide bonds. The summed E-state index contributed by atoms with van der Waals surface area (Å²) in [6.07, 6.45) is 4.09. The Labute approximate surface area is 86.2 Å². The van der Waals surface area contributed by atoms with Crippen LogP contribution in [0.25, 0.3) is 0 Å². The first-order valence-corrected chi connectivity index (χ1v) is 5.79. The van der Waals surface area contributed by atoms with E-state index in [1.165, 1.54) is 12.8 Å². The van der Waals surface area contributed by atoms with E-state index in [-0.39, 0.29) is 0 Å². The summed E-state index contributed by atoms with van der Waals surface area (Å²) < 4.78 is 11.0. The first-order valence-electron chi connectivity index (χ1n) is 5.79. The average Bonchev–Trinajstić information content (AvgIpc) is 2.63. The van der Waals surface area contributed by atoms with Crippen molar-refractivity contribution < 1.29 is 9.47 Å². The van der Waals surface area contributed by atoms with Crippen molar-refractivity contribution in [3.05, 3.63) is 0 Å². The van der Waals surface area contributed by atoms with Crippen LogP contribution in [0.5, 0.6) is 0 Å². The fourth-order valence-corrected chi connectivity index (χ4v) is 2.29. The lowest BCUT2D eigenvalue weighted by Gasteiger charge is -2.25. The SMILES string of the molecule is C[C@H]1OCC[C@H]1NCC1CCCOC1. The van der Waals surface area contributed by atoms with Crippen molar-refractivity contribution in [1.29, 1.82) is 0 Å². The summed E-state index contributed by atoms with van der Waals surface area (Å²) in [7, 11) is 0. The third kappa shape index (κ3) is 2.69. The quantitative estimate of drug-likeness (QED) is 0.740. The average molecular weight is 199 g/mol. The number of ether oxygens (including phenoxy) is 2. The molecule has 2 aliphatic rings. The second-order valence-corrected chi connectivity index (χ2v) is 4.46. The van der Waals surface area contributed by atoms with Crippen LogP contribution in [-0.2, 0) is 9.47 Å². The maximum Gasteiger partial charge on any atom is 0.0700 e. The molecule has 0 bridgehead atoms. The van der Waals surface area contributed by atoms with Crippen LogP contribution >= 0.6 is 0 Å². The van der Waals surface area contributed by atoms with E-state index in [1.54, 1.807) is 0 Å². The van der Waals surface area contributed by atoms with E-state index >= 15 is 0 Å². The lowest BCUT2D eigenvalue weighted by molar-refractivity contribution is 0.0516. The summed E-state index contributed by atoms with van der Waals surface area (Å²) >= 11 is 0. The van der Waals surface area contributed by atoms with E-state index in [0.717, 1.165) is 38.7 Å². The van der Waals surface area contributed by atoms with Gasteiger partial charge in [-0.2, -0.15) is 0 Å².